The van der Waals surface area contributed by atoms with Crippen molar-refractivity contribution in [1.29, 1.82) is 0 Å². The maximum Gasteiger partial charge on any atom is 0.567 e. The molecular weight excluding hydrogens is 326 g/mol. The predicted octanol–water partition coefficient (Wildman–Crippen LogP) is -4.23. The first kappa shape index (κ1) is 20.4. The molecule has 0 amide bonds. The molecule has 0 saturated carbocycles. The number of aliphatic hydroxyl groups is 4. The van der Waals surface area contributed by atoms with Gasteiger partial charge in [-0.1, -0.05) is 0 Å². The zero-order chi connectivity index (χ0) is 16.1. The first-order valence-electron chi connectivity index (χ1n) is 4.99. The molecule has 0 fully saturated rings. The summed E-state index contributed by atoms with van der Waals surface area (Å²) in [6.45, 7) is -1.94. The molecule has 0 aliphatic heterocycles. The van der Waals surface area contributed by atoms with Crippen LogP contribution < -0.4 is 0 Å². The van der Waals surface area contributed by atoms with Gasteiger partial charge in [0, 0.05) is 0 Å². The first-order valence-corrected chi connectivity index (χ1v) is 8.12. The fraction of sp³-hybridized carbons (Fsp3) is 1.00. The van der Waals surface area contributed by atoms with Crippen molar-refractivity contribution in [2.45, 2.75) is 24.4 Å². The molecule has 0 saturated heterocycles. The van der Waals surface area contributed by atoms with Crippen LogP contribution in [-0.2, 0) is 9.05 Å². The van der Waals surface area contributed by atoms with E-state index < -0.39 is 54.0 Å². The Hall–Kier alpha value is 0.380. The highest BCUT2D eigenvalue weighted by Gasteiger charge is 2.40. The third kappa shape index (κ3) is 9.34. The highest BCUT2D eigenvalue weighted by atomic mass is 31.2. The zero-order valence-electron chi connectivity index (χ0n) is 9.91. The van der Waals surface area contributed by atoms with E-state index in [4.69, 9.17) is 29.4 Å². The Morgan fingerprint density at radius 3 is 1.05 bits per heavy atom. The number of hydrogen-bond donors (Lipinski definition) is 10. The Balaban J connectivity index is 4.27. The molecule has 122 valence electrons. The van der Waals surface area contributed by atoms with Crippen molar-refractivity contribution < 1.29 is 58.8 Å². The van der Waals surface area contributed by atoms with Gasteiger partial charge in [-0.3, -0.25) is 0 Å². The molecule has 0 aromatic rings. The van der Waals surface area contributed by atoms with E-state index in [9.17, 15) is 20.4 Å². The molecule has 10 N–H and O–H groups in total. The second-order valence-electron chi connectivity index (χ2n) is 3.73. The minimum atomic E-state index is -4.63. The molecule has 14 heteroatoms. The molecule has 0 aliphatic carbocycles. The van der Waals surface area contributed by atoms with E-state index in [1.54, 1.807) is 0 Å². The van der Waals surface area contributed by atoms with Crippen LogP contribution in [0.2, 0.25) is 0 Å². The van der Waals surface area contributed by atoms with Crippen molar-refractivity contribution in [2.24, 2.45) is 0 Å². The number of rotatable bonds is 9. The molecule has 0 unspecified atom stereocenters. The van der Waals surface area contributed by atoms with E-state index in [1.165, 1.54) is 0 Å². The van der Waals surface area contributed by atoms with Gasteiger partial charge in [-0.2, -0.15) is 38.4 Å². The summed E-state index contributed by atoms with van der Waals surface area (Å²) in [6.07, 6.45) is -7.93. The predicted molar refractivity (Wildman–Crippen MR) is 63.1 cm³/mol. The lowest BCUT2D eigenvalue weighted by Crippen LogP contribution is -2.47. The summed E-state index contributed by atoms with van der Waals surface area (Å²) in [7, 11) is -9.27. The van der Waals surface area contributed by atoms with Gasteiger partial charge in [0.15, 0.2) is 0 Å². The molecule has 0 aromatic heterocycles. The van der Waals surface area contributed by atoms with Crippen LogP contribution in [0.25, 0.3) is 0 Å². The summed E-state index contributed by atoms with van der Waals surface area (Å²) >= 11 is 0. The monoisotopic (exact) mass is 344 g/mol. The van der Waals surface area contributed by atoms with E-state index in [2.05, 4.69) is 9.05 Å². The standard InChI is InChI=1S/C6H18O12P2/c7-3(1-17-19(11,12)13)5(9)6(10)4(8)2-18-20(14,15)16/h3-16H,1-2H2/q+2/t3-,4-,5-,6-/m1/s1. The molecule has 0 bridgehead atoms. The second-order valence-corrected chi connectivity index (χ2v) is 6.30. The van der Waals surface area contributed by atoms with Gasteiger partial charge in [-0.25, -0.2) is 0 Å². The number of hydrogen-bond acceptors (Lipinski definition) is 12. The van der Waals surface area contributed by atoms with Crippen molar-refractivity contribution in [3.8, 4) is 0 Å². The molecule has 0 rings (SSSR count). The van der Waals surface area contributed by atoms with Crippen LogP contribution in [0.15, 0.2) is 0 Å². The molecule has 0 radical (unpaired) electrons. The van der Waals surface area contributed by atoms with Crippen LogP contribution in [0.3, 0.4) is 0 Å². The molecule has 4 atom stereocenters. The van der Waals surface area contributed by atoms with Crippen LogP contribution in [0, 0.1) is 0 Å². The summed E-state index contributed by atoms with van der Waals surface area (Å²) in [4.78, 5) is 50.8. The largest absolute Gasteiger partial charge is 0.567 e. The molecule has 20 heavy (non-hydrogen) atoms. The molecular formula is C6H18O12P2+2. The highest BCUT2D eigenvalue weighted by Crippen LogP contribution is 2.46. The van der Waals surface area contributed by atoms with Crippen molar-refractivity contribution in [3.63, 3.8) is 0 Å². The third-order valence-corrected chi connectivity index (χ3v) is 2.97. The Morgan fingerprint density at radius 1 is 0.600 bits per heavy atom. The van der Waals surface area contributed by atoms with Crippen molar-refractivity contribution in [1.82, 2.24) is 0 Å². The number of aliphatic hydroxyl groups excluding tert-OH is 4. The van der Waals surface area contributed by atoms with Crippen LogP contribution in [0.1, 0.15) is 0 Å². The minimum absolute atomic E-state index is 0.972. The Bertz CT molecular complexity index is 248. The molecule has 0 heterocycles. The lowest BCUT2D eigenvalue weighted by molar-refractivity contribution is -0.123. The first-order chi connectivity index (χ1) is 8.83. The van der Waals surface area contributed by atoms with Gasteiger partial charge < -0.3 is 20.4 Å². The van der Waals surface area contributed by atoms with E-state index in [0.717, 1.165) is 0 Å². The average molecular weight is 344 g/mol. The molecule has 0 aromatic carbocycles. The third-order valence-electron chi connectivity index (χ3n) is 1.98. The summed E-state index contributed by atoms with van der Waals surface area (Å²) < 4.78 is 7.97. The Morgan fingerprint density at radius 2 is 0.850 bits per heavy atom. The summed E-state index contributed by atoms with van der Waals surface area (Å²) in [5, 5.41) is 37.3. The van der Waals surface area contributed by atoms with E-state index in [-0.39, 0.29) is 0 Å². The van der Waals surface area contributed by atoms with Crippen LogP contribution in [0.5, 0.6) is 0 Å². The van der Waals surface area contributed by atoms with Gasteiger partial charge in [0.2, 0.25) is 0 Å². The smallest absolute Gasteiger partial charge is 0.388 e. The molecule has 0 aliphatic rings. The van der Waals surface area contributed by atoms with E-state index in [1.807, 2.05) is 0 Å². The van der Waals surface area contributed by atoms with Crippen molar-refractivity contribution >= 4 is 16.3 Å². The van der Waals surface area contributed by atoms with Gasteiger partial charge >= 0.3 is 16.3 Å². The fourth-order valence-corrected chi connectivity index (χ4v) is 1.71. The van der Waals surface area contributed by atoms with Crippen molar-refractivity contribution in [2.75, 3.05) is 13.2 Å². The van der Waals surface area contributed by atoms with Gasteiger partial charge in [-0.15, -0.1) is 0 Å². The molecule has 12 nitrogen and oxygen atoms in total. The fourth-order valence-electron chi connectivity index (χ4n) is 1.01. The van der Waals surface area contributed by atoms with Gasteiger partial charge in [0.1, 0.15) is 37.6 Å². The van der Waals surface area contributed by atoms with Gasteiger partial charge in [0.25, 0.3) is 0 Å². The van der Waals surface area contributed by atoms with Gasteiger partial charge in [-0.05, 0) is 0 Å². The highest BCUT2D eigenvalue weighted by molar-refractivity contribution is 7.53. The van der Waals surface area contributed by atoms with Crippen molar-refractivity contribution in [3.05, 3.63) is 0 Å². The summed E-state index contributed by atoms with van der Waals surface area (Å²) in [5.74, 6) is 0. The lowest BCUT2D eigenvalue weighted by atomic mass is 10.0. The molecule has 0 spiro atoms. The average Bonchev–Trinajstić information content (AvgIpc) is 2.29. The summed E-state index contributed by atoms with van der Waals surface area (Å²) in [5.41, 5.74) is 0. The maximum atomic E-state index is 9.38. The van der Waals surface area contributed by atoms with Crippen LogP contribution >= 0.6 is 16.3 Å². The normalized spacial score (nSPS) is 19.5. The quantitative estimate of drug-likeness (QED) is 0.180. The lowest BCUT2D eigenvalue weighted by Gasteiger charge is -2.25. The van der Waals surface area contributed by atoms with Crippen LogP contribution in [0.4, 0.5) is 0 Å². The zero-order valence-corrected chi connectivity index (χ0v) is 11.7. The van der Waals surface area contributed by atoms with Gasteiger partial charge in [0.05, 0.1) is 0 Å². The topological polar surface area (TPSA) is 221 Å². The Kier molecular flexibility index (Phi) is 8.28. The van der Waals surface area contributed by atoms with Crippen LogP contribution in [-0.4, -0.2) is 87.4 Å². The summed E-state index contributed by atoms with van der Waals surface area (Å²) in [6, 6.07) is 0. The van der Waals surface area contributed by atoms with E-state index in [0.29, 0.717) is 0 Å². The second kappa shape index (κ2) is 8.13. The van der Waals surface area contributed by atoms with E-state index >= 15 is 0 Å². The SMILES string of the molecule is O[C@@H]([C@H](O)[C@H](O)CO[P+](O)(O)O)[C@H](O)CO[P+](O)(O)O. The maximum absolute atomic E-state index is 9.38. The minimum Gasteiger partial charge on any atom is -0.388 e. The Labute approximate surface area is 114 Å².